The molecule has 2 nitrogen and oxygen atoms in total. The van der Waals surface area contributed by atoms with Crippen LogP contribution in [0, 0.1) is 16.7 Å². The van der Waals surface area contributed by atoms with Gasteiger partial charge in [0.15, 0.2) is 0 Å². The summed E-state index contributed by atoms with van der Waals surface area (Å²) in [6.07, 6.45) is 2.26. The molecule has 0 saturated carbocycles. The van der Waals surface area contributed by atoms with Crippen molar-refractivity contribution in [3.05, 3.63) is 0 Å². The Bertz CT molecular complexity index is 136. The zero-order valence-electron chi connectivity index (χ0n) is 5.85. The van der Waals surface area contributed by atoms with Crippen LogP contribution >= 0.6 is 0 Å². The van der Waals surface area contributed by atoms with E-state index >= 15 is 0 Å². The highest BCUT2D eigenvalue weighted by molar-refractivity contribution is 5.62. The minimum absolute atomic E-state index is 0.660. The van der Waals surface area contributed by atoms with Gasteiger partial charge >= 0.3 is 0 Å². The lowest BCUT2D eigenvalue weighted by molar-refractivity contribution is -0.113. The van der Waals surface area contributed by atoms with Gasteiger partial charge in [-0.3, -0.25) is 0 Å². The van der Waals surface area contributed by atoms with E-state index in [2.05, 4.69) is 0 Å². The van der Waals surface area contributed by atoms with Crippen LogP contribution in [0.3, 0.4) is 0 Å². The summed E-state index contributed by atoms with van der Waals surface area (Å²) in [5, 5.41) is 8.44. The fraction of sp³-hybridized carbons (Fsp3) is 0.714. The second kappa shape index (κ2) is 3.24. The lowest BCUT2D eigenvalue weighted by Gasteiger charge is -2.09. The van der Waals surface area contributed by atoms with Gasteiger partial charge in [0, 0.05) is 0 Å². The Hall–Kier alpha value is -0.840. The van der Waals surface area contributed by atoms with Gasteiger partial charge in [-0.05, 0) is 13.3 Å². The summed E-state index contributed by atoms with van der Waals surface area (Å²) in [7, 11) is 0. The molecule has 0 N–H and O–H groups in total. The van der Waals surface area contributed by atoms with E-state index in [4.69, 9.17) is 5.26 Å². The molecule has 0 amide bonds. The highest BCUT2D eigenvalue weighted by Gasteiger charge is 2.20. The van der Waals surface area contributed by atoms with Crippen molar-refractivity contribution >= 4 is 6.29 Å². The molecule has 0 aromatic heterocycles. The molecule has 0 radical (unpaired) electrons. The lowest BCUT2D eigenvalue weighted by atomic mass is 9.90. The number of hydrogen-bond acceptors (Lipinski definition) is 2. The maximum Gasteiger partial charge on any atom is 0.139 e. The van der Waals surface area contributed by atoms with Crippen LogP contribution in [-0.4, -0.2) is 6.29 Å². The quantitative estimate of drug-likeness (QED) is 0.536. The third kappa shape index (κ3) is 2.27. The first-order chi connectivity index (χ1) is 4.18. The van der Waals surface area contributed by atoms with E-state index in [-0.39, 0.29) is 0 Å². The van der Waals surface area contributed by atoms with E-state index in [9.17, 15) is 4.79 Å². The molecule has 0 aliphatic heterocycles. The van der Waals surface area contributed by atoms with E-state index in [1.165, 1.54) is 0 Å². The highest BCUT2D eigenvalue weighted by atomic mass is 16.1. The van der Waals surface area contributed by atoms with Crippen molar-refractivity contribution in [2.75, 3.05) is 0 Å². The molecule has 1 atom stereocenters. The zero-order chi connectivity index (χ0) is 7.33. The van der Waals surface area contributed by atoms with E-state index in [1.54, 1.807) is 6.92 Å². The smallest absolute Gasteiger partial charge is 0.139 e. The lowest BCUT2D eigenvalue weighted by Crippen LogP contribution is -2.14. The Morgan fingerprint density at radius 1 is 1.78 bits per heavy atom. The Balaban J connectivity index is 3.96. The van der Waals surface area contributed by atoms with Crippen molar-refractivity contribution in [2.24, 2.45) is 5.41 Å². The summed E-state index contributed by atoms with van der Waals surface area (Å²) >= 11 is 0. The van der Waals surface area contributed by atoms with Gasteiger partial charge in [0.25, 0.3) is 0 Å². The number of rotatable bonds is 3. The van der Waals surface area contributed by atoms with Crippen molar-refractivity contribution in [3.63, 3.8) is 0 Å². The van der Waals surface area contributed by atoms with Gasteiger partial charge < -0.3 is 4.79 Å². The molecule has 2 heteroatoms. The average molecular weight is 125 g/mol. The summed E-state index contributed by atoms with van der Waals surface area (Å²) in [5.41, 5.74) is -0.741. The topological polar surface area (TPSA) is 40.9 Å². The van der Waals surface area contributed by atoms with Gasteiger partial charge in [0.05, 0.1) is 6.07 Å². The van der Waals surface area contributed by atoms with Crippen molar-refractivity contribution < 1.29 is 4.79 Å². The van der Waals surface area contributed by atoms with Gasteiger partial charge in [-0.25, -0.2) is 0 Å². The molecule has 0 spiro atoms. The predicted molar refractivity (Wildman–Crippen MR) is 34.7 cm³/mol. The van der Waals surface area contributed by atoms with Crippen molar-refractivity contribution in [1.82, 2.24) is 0 Å². The third-order valence-electron chi connectivity index (χ3n) is 1.28. The number of carbonyl (C=O) groups is 1. The van der Waals surface area contributed by atoms with Crippen LogP contribution in [0.25, 0.3) is 0 Å². The summed E-state index contributed by atoms with van der Waals surface area (Å²) < 4.78 is 0. The highest BCUT2D eigenvalue weighted by Crippen LogP contribution is 2.17. The zero-order valence-corrected chi connectivity index (χ0v) is 5.85. The number of nitriles is 1. The monoisotopic (exact) mass is 125 g/mol. The minimum Gasteiger partial charge on any atom is -0.302 e. The van der Waals surface area contributed by atoms with E-state index in [1.807, 2.05) is 13.0 Å². The van der Waals surface area contributed by atoms with E-state index in [0.29, 0.717) is 6.42 Å². The summed E-state index contributed by atoms with van der Waals surface area (Å²) in [6.45, 7) is 3.61. The standard InChI is InChI=1S/C7H11NO/c1-3-4-7(2,5-8)6-9/h6H,3-4H2,1-2H3. The summed E-state index contributed by atoms with van der Waals surface area (Å²) in [4.78, 5) is 10.2. The Kier molecular flexibility index (Phi) is 2.94. The van der Waals surface area contributed by atoms with E-state index in [0.717, 1.165) is 12.7 Å². The van der Waals surface area contributed by atoms with Crippen LogP contribution in [0.15, 0.2) is 0 Å². The second-order valence-electron chi connectivity index (χ2n) is 2.40. The summed E-state index contributed by atoms with van der Waals surface area (Å²) in [5.74, 6) is 0. The molecule has 9 heavy (non-hydrogen) atoms. The third-order valence-corrected chi connectivity index (χ3v) is 1.28. The van der Waals surface area contributed by atoms with Crippen molar-refractivity contribution in [3.8, 4) is 6.07 Å². The molecule has 0 aliphatic rings. The minimum atomic E-state index is -0.741. The Morgan fingerprint density at radius 2 is 2.33 bits per heavy atom. The molecule has 0 saturated heterocycles. The molecular weight excluding hydrogens is 114 g/mol. The normalized spacial score (nSPS) is 15.7. The molecule has 0 rings (SSSR count). The van der Waals surface area contributed by atoms with Gasteiger partial charge in [-0.15, -0.1) is 0 Å². The molecule has 50 valence electrons. The van der Waals surface area contributed by atoms with Gasteiger partial charge in [0.1, 0.15) is 11.7 Å². The maximum absolute atomic E-state index is 10.2. The Labute approximate surface area is 55.5 Å². The molecule has 1 unspecified atom stereocenters. The molecule has 0 aromatic carbocycles. The molecule has 0 aromatic rings. The SMILES string of the molecule is CCCC(C)(C#N)C=O. The van der Waals surface area contributed by atoms with Crippen molar-refractivity contribution in [1.29, 1.82) is 5.26 Å². The fourth-order valence-electron chi connectivity index (χ4n) is 0.661. The van der Waals surface area contributed by atoms with Crippen LogP contribution < -0.4 is 0 Å². The average Bonchev–Trinajstić information content (AvgIpc) is 1.89. The van der Waals surface area contributed by atoms with Crippen LogP contribution in [0.2, 0.25) is 0 Å². The number of hydrogen-bond donors (Lipinski definition) is 0. The molecule has 0 fully saturated rings. The molecule has 0 heterocycles. The predicted octanol–water partition coefficient (Wildman–Crippen LogP) is 1.52. The maximum atomic E-state index is 10.2. The number of aldehydes is 1. The summed E-state index contributed by atoms with van der Waals surface area (Å²) in [6, 6.07) is 1.96. The van der Waals surface area contributed by atoms with Crippen LogP contribution in [0.5, 0.6) is 0 Å². The van der Waals surface area contributed by atoms with Crippen LogP contribution in [0.4, 0.5) is 0 Å². The molecule has 0 aliphatic carbocycles. The van der Waals surface area contributed by atoms with E-state index < -0.39 is 5.41 Å². The molecule has 0 bridgehead atoms. The van der Waals surface area contributed by atoms with Gasteiger partial charge in [-0.2, -0.15) is 5.26 Å². The largest absolute Gasteiger partial charge is 0.302 e. The first-order valence-electron chi connectivity index (χ1n) is 3.06. The second-order valence-corrected chi connectivity index (χ2v) is 2.40. The van der Waals surface area contributed by atoms with Gasteiger partial charge in [0.2, 0.25) is 0 Å². The van der Waals surface area contributed by atoms with Crippen molar-refractivity contribution in [2.45, 2.75) is 26.7 Å². The van der Waals surface area contributed by atoms with Gasteiger partial charge in [-0.1, -0.05) is 13.3 Å². The van der Waals surface area contributed by atoms with Crippen LogP contribution in [0.1, 0.15) is 26.7 Å². The first-order valence-corrected chi connectivity index (χ1v) is 3.06. The molecular formula is C7H11NO. The van der Waals surface area contributed by atoms with Crippen LogP contribution in [-0.2, 0) is 4.79 Å². The Morgan fingerprint density at radius 3 is 2.44 bits per heavy atom. The first kappa shape index (κ1) is 8.16. The number of carbonyl (C=O) groups excluding carboxylic acids is 1. The number of nitrogens with zero attached hydrogens (tertiary/aromatic N) is 1. The fourth-order valence-corrected chi connectivity index (χ4v) is 0.661.